The van der Waals surface area contributed by atoms with Crippen molar-refractivity contribution in [2.75, 3.05) is 13.2 Å². The Hall–Kier alpha value is -3.59. The Labute approximate surface area is 213 Å². The van der Waals surface area contributed by atoms with Crippen molar-refractivity contribution >= 4 is 22.8 Å². The van der Waals surface area contributed by atoms with Crippen molar-refractivity contribution in [3.05, 3.63) is 59.7 Å². The molecule has 3 aromatic rings. The summed E-state index contributed by atoms with van der Waals surface area (Å²) in [4.78, 5) is 28.0. The highest BCUT2D eigenvalue weighted by Crippen LogP contribution is 2.33. The summed E-state index contributed by atoms with van der Waals surface area (Å²) in [5.74, 6) is 0.436. The zero-order valence-electron chi connectivity index (χ0n) is 21.8. The highest BCUT2D eigenvalue weighted by Gasteiger charge is 2.39. The van der Waals surface area contributed by atoms with E-state index in [0.717, 1.165) is 29.4 Å². The van der Waals surface area contributed by atoms with Gasteiger partial charge in [0.15, 0.2) is 0 Å². The minimum Gasteiger partial charge on any atom is -0.466 e. The second-order valence-corrected chi connectivity index (χ2v) is 9.20. The molecule has 0 atom stereocenters. The van der Waals surface area contributed by atoms with Gasteiger partial charge < -0.3 is 14.1 Å². The molecule has 0 bridgehead atoms. The molecule has 36 heavy (non-hydrogen) atoms. The Morgan fingerprint density at radius 3 is 2.47 bits per heavy atom. The lowest BCUT2D eigenvalue weighted by molar-refractivity contribution is -0.158. The van der Waals surface area contributed by atoms with Crippen molar-refractivity contribution < 1.29 is 18.7 Å². The Kier molecular flexibility index (Phi) is 9.30. The lowest BCUT2D eigenvalue weighted by Gasteiger charge is -2.35. The topological polar surface area (TPSA) is 83.5 Å². The molecule has 0 spiro atoms. The molecule has 190 valence electrons. The molecule has 0 aliphatic rings. The highest BCUT2D eigenvalue weighted by molar-refractivity contribution is 5.85. The minimum atomic E-state index is -0.730. The molecule has 0 unspecified atom stereocenters. The van der Waals surface area contributed by atoms with Gasteiger partial charge in [-0.25, -0.2) is 0 Å². The number of carbonyl (C=O) groups excluding carboxylic acids is 2. The van der Waals surface area contributed by atoms with Crippen LogP contribution in [0.5, 0.6) is 0 Å². The predicted molar refractivity (Wildman–Crippen MR) is 141 cm³/mol. The number of hydrogen-bond acceptors (Lipinski definition) is 5. The number of benzene rings is 2. The summed E-state index contributed by atoms with van der Waals surface area (Å²) in [7, 11) is 0. The molecule has 6 heteroatoms. The fourth-order valence-corrected chi connectivity index (χ4v) is 4.53. The Morgan fingerprint density at radius 2 is 1.81 bits per heavy atom. The van der Waals surface area contributed by atoms with Crippen LogP contribution in [0.15, 0.2) is 52.9 Å². The number of fused-ring (bicyclic) bond motifs is 1. The van der Waals surface area contributed by atoms with Gasteiger partial charge in [-0.3, -0.25) is 9.59 Å². The van der Waals surface area contributed by atoms with Gasteiger partial charge in [0.05, 0.1) is 23.7 Å². The van der Waals surface area contributed by atoms with Crippen LogP contribution < -0.4 is 0 Å². The number of ether oxygens (including phenoxy) is 1. The van der Waals surface area contributed by atoms with Gasteiger partial charge in [-0.05, 0) is 62.1 Å². The van der Waals surface area contributed by atoms with Gasteiger partial charge in [0.1, 0.15) is 11.3 Å². The average molecular weight is 489 g/mol. The van der Waals surface area contributed by atoms with Crippen LogP contribution in [-0.4, -0.2) is 29.9 Å². The normalized spacial score (nSPS) is 11.3. The summed E-state index contributed by atoms with van der Waals surface area (Å²) in [5.41, 5.74) is 2.25. The maximum Gasteiger partial charge on any atom is 0.313 e. The van der Waals surface area contributed by atoms with E-state index in [2.05, 4.69) is 13.0 Å². The van der Waals surface area contributed by atoms with Crippen LogP contribution in [0.25, 0.3) is 22.3 Å². The van der Waals surface area contributed by atoms with Gasteiger partial charge in [-0.1, -0.05) is 45.4 Å². The molecular weight excluding hydrogens is 452 g/mol. The quantitative estimate of drug-likeness (QED) is 0.260. The maximum absolute atomic E-state index is 13.2. The number of rotatable bonds is 12. The van der Waals surface area contributed by atoms with Crippen molar-refractivity contribution in [3.63, 3.8) is 0 Å². The zero-order valence-corrected chi connectivity index (χ0v) is 21.8. The molecule has 1 amide bonds. The second-order valence-electron chi connectivity index (χ2n) is 9.20. The lowest BCUT2D eigenvalue weighted by Crippen LogP contribution is -2.45. The number of esters is 1. The van der Waals surface area contributed by atoms with Crippen molar-refractivity contribution in [3.8, 4) is 17.4 Å². The van der Waals surface area contributed by atoms with Crippen molar-refractivity contribution in [1.82, 2.24) is 4.90 Å². The molecule has 0 saturated carbocycles. The van der Waals surface area contributed by atoms with Gasteiger partial charge >= 0.3 is 5.97 Å². The summed E-state index contributed by atoms with van der Waals surface area (Å²) in [6.45, 7) is 8.87. The summed E-state index contributed by atoms with van der Waals surface area (Å²) >= 11 is 0. The number of carbonyl (C=O) groups is 2. The number of furan rings is 1. The molecule has 6 nitrogen and oxygen atoms in total. The molecule has 0 fully saturated rings. The number of unbranched alkanes of at least 4 members (excludes halogenated alkanes) is 1. The Bertz CT molecular complexity index is 1230. The van der Waals surface area contributed by atoms with Crippen LogP contribution >= 0.6 is 0 Å². The number of amides is 1. The fourth-order valence-electron chi connectivity index (χ4n) is 4.53. The van der Waals surface area contributed by atoms with E-state index in [1.165, 1.54) is 0 Å². The zero-order chi connectivity index (χ0) is 26.1. The fraction of sp³-hybridized carbons (Fsp3) is 0.433. The highest BCUT2D eigenvalue weighted by atomic mass is 16.5. The van der Waals surface area contributed by atoms with E-state index < -0.39 is 5.41 Å². The number of nitrogens with zero attached hydrogens (tertiary/aromatic N) is 2. The largest absolute Gasteiger partial charge is 0.466 e. The number of hydrogen-bond donors (Lipinski definition) is 0. The molecule has 0 N–H and O–H groups in total. The second kappa shape index (κ2) is 12.4. The molecule has 0 saturated heterocycles. The van der Waals surface area contributed by atoms with Gasteiger partial charge in [0, 0.05) is 30.5 Å². The summed E-state index contributed by atoms with van der Waals surface area (Å²) in [6.07, 6.45) is 3.39. The lowest BCUT2D eigenvalue weighted by atomic mass is 9.81. The molecule has 2 aromatic carbocycles. The first-order chi connectivity index (χ1) is 17.4. The predicted octanol–water partition coefficient (Wildman–Crippen LogP) is 6.86. The Morgan fingerprint density at radius 1 is 1.06 bits per heavy atom. The number of nitriles is 1. The molecule has 1 heterocycles. The van der Waals surface area contributed by atoms with Crippen LogP contribution in [0.3, 0.4) is 0 Å². The van der Waals surface area contributed by atoms with Crippen LogP contribution in [0.1, 0.15) is 70.9 Å². The molecule has 0 radical (unpaired) electrons. The third-order valence-electron chi connectivity index (χ3n) is 6.92. The maximum atomic E-state index is 13.2. The Balaban J connectivity index is 1.93. The summed E-state index contributed by atoms with van der Waals surface area (Å²) in [6, 6.07) is 17.4. The van der Waals surface area contributed by atoms with E-state index in [4.69, 9.17) is 9.15 Å². The van der Waals surface area contributed by atoms with Crippen molar-refractivity contribution in [2.45, 2.75) is 66.3 Å². The minimum absolute atomic E-state index is 0.0448. The first kappa shape index (κ1) is 27.0. The van der Waals surface area contributed by atoms with E-state index >= 15 is 0 Å². The summed E-state index contributed by atoms with van der Waals surface area (Å²) < 4.78 is 11.4. The van der Waals surface area contributed by atoms with Gasteiger partial charge in [-0.2, -0.15) is 5.26 Å². The van der Waals surface area contributed by atoms with E-state index in [9.17, 15) is 14.9 Å². The van der Waals surface area contributed by atoms with E-state index in [-0.39, 0.29) is 11.9 Å². The van der Waals surface area contributed by atoms with E-state index in [1.54, 1.807) is 6.07 Å². The van der Waals surface area contributed by atoms with Crippen LogP contribution in [0.4, 0.5) is 0 Å². The smallest absolute Gasteiger partial charge is 0.313 e. The molecule has 0 aliphatic carbocycles. The van der Waals surface area contributed by atoms with Crippen molar-refractivity contribution in [1.29, 1.82) is 5.26 Å². The van der Waals surface area contributed by atoms with Crippen molar-refractivity contribution in [2.24, 2.45) is 5.41 Å². The van der Waals surface area contributed by atoms with E-state index in [0.29, 0.717) is 55.9 Å². The first-order valence-corrected chi connectivity index (χ1v) is 12.9. The monoisotopic (exact) mass is 488 g/mol. The molecular formula is C30H36N2O4. The standard InChI is InChI=1S/C30H36N2O4/c1-5-9-14-28(33)32(21-30(6-2,7-3)29(34)35-8-4)20-22-15-16-26-24(17-22)18-27(36-26)25-13-11-10-12-23(25)19-31/h10-13,15-18H,5-9,14,20-21H2,1-4H3. The molecule has 1 aromatic heterocycles. The SMILES string of the molecule is CCCCC(=O)N(Cc1ccc2oc(-c3ccccc3C#N)cc2c1)CC(CC)(CC)C(=O)OCC. The summed E-state index contributed by atoms with van der Waals surface area (Å²) in [5, 5.41) is 10.4. The first-order valence-electron chi connectivity index (χ1n) is 12.9. The van der Waals surface area contributed by atoms with Crippen LogP contribution in [0.2, 0.25) is 0 Å². The van der Waals surface area contributed by atoms with Gasteiger partial charge in [-0.15, -0.1) is 0 Å². The third-order valence-corrected chi connectivity index (χ3v) is 6.92. The third kappa shape index (κ3) is 5.96. The average Bonchev–Trinajstić information content (AvgIpc) is 3.33. The molecule has 0 aliphatic heterocycles. The van der Waals surface area contributed by atoms with Gasteiger partial charge in [0.2, 0.25) is 5.91 Å². The van der Waals surface area contributed by atoms with Crippen LogP contribution in [-0.2, 0) is 20.9 Å². The van der Waals surface area contributed by atoms with Gasteiger partial charge in [0.25, 0.3) is 0 Å². The molecule has 3 rings (SSSR count). The van der Waals surface area contributed by atoms with E-state index in [1.807, 2.05) is 68.1 Å². The van der Waals surface area contributed by atoms with Crippen LogP contribution in [0, 0.1) is 16.7 Å².